The molecule has 0 fully saturated rings. The van der Waals surface area contributed by atoms with E-state index in [9.17, 15) is 0 Å². The molecule has 14 heavy (non-hydrogen) atoms. The summed E-state index contributed by atoms with van der Waals surface area (Å²) in [7, 11) is 0. The number of terminal acetylenes is 1. The Hall–Kier alpha value is -1.08. The highest BCUT2D eigenvalue weighted by Gasteiger charge is 2.07. The lowest BCUT2D eigenvalue weighted by molar-refractivity contribution is 0.754. The van der Waals surface area contributed by atoms with Crippen molar-refractivity contribution in [1.82, 2.24) is 9.36 Å². The van der Waals surface area contributed by atoms with E-state index >= 15 is 0 Å². The minimum atomic E-state index is 0.0812. The largest absolute Gasteiger partial charge is 0.347 e. The molecule has 0 bridgehead atoms. The van der Waals surface area contributed by atoms with Crippen LogP contribution in [0.1, 0.15) is 32.5 Å². The molecule has 76 valence electrons. The average Bonchev–Trinajstić information content (AvgIpc) is 2.65. The Morgan fingerprint density at radius 1 is 1.57 bits per heavy atom. The third kappa shape index (κ3) is 3.00. The Bertz CT molecular complexity index is 313. The van der Waals surface area contributed by atoms with E-state index in [0.29, 0.717) is 0 Å². The van der Waals surface area contributed by atoms with Crippen LogP contribution in [0.25, 0.3) is 0 Å². The van der Waals surface area contributed by atoms with Crippen molar-refractivity contribution in [3.05, 3.63) is 5.82 Å². The van der Waals surface area contributed by atoms with Gasteiger partial charge in [0, 0.05) is 18.0 Å². The minimum absolute atomic E-state index is 0.0812. The van der Waals surface area contributed by atoms with E-state index in [-0.39, 0.29) is 6.04 Å². The number of aryl methyl sites for hydroxylation is 1. The second kappa shape index (κ2) is 5.61. The van der Waals surface area contributed by atoms with Gasteiger partial charge in [-0.1, -0.05) is 26.2 Å². The maximum Gasteiger partial charge on any atom is 0.203 e. The van der Waals surface area contributed by atoms with E-state index in [1.165, 1.54) is 11.5 Å². The van der Waals surface area contributed by atoms with Crippen molar-refractivity contribution in [1.29, 1.82) is 0 Å². The van der Waals surface area contributed by atoms with Crippen LogP contribution in [0.3, 0.4) is 0 Å². The molecule has 0 saturated heterocycles. The van der Waals surface area contributed by atoms with Crippen LogP contribution < -0.4 is 5.32 Å². The van der Waals surface area contributed by atoms with Crippen LogP contribution in [0, 0.1) is 12.3 Å². The topological polar surface area (TPSA) is 37.8 Å². The Morgan fingerprint density at radius 3 is 2.86 bits per heavy atom. The highest BCUT2D eigenvalue weighted by Crippen LogP contribution is 2.13. The molecule has 4 heteroatoms. The second-order valence-electron chi connectivity index (χ2n) is 3.02. The summed E-state index contributed by atoms with van der Waals surface area (Å²) in [5.74, 6) is 3.59. The van der Waals surface area contributed by atoms with Gasteiger partial charge in [-0.15, -0.1) is 6.42 Å². The van der Waals surface area contributed by atoms with Crippen LogP contribution in [-0.4, -0.2) is 15.4 Å². The van der Waals surface area contributed by atoms with E-state index in [4.69, 9.17) is 6.42 Å². The van der Waals surface area contributed by atoms with Gasteiger partial charge in [0.15, 0.2) is 0 Å². The molecule has 0 radical (unpaired) electrons. The molecule has 3 nitrogen and oxygen atoms in total. The third-order valence-electron chi connectivity index (χ3n) is 1.86. The molecule has 1 heterocycles. The first-order chi connectivity index (χ1) is 6.80. The minimum Gasteiger partial charge on any atom is -0.347 e. The van der Waals surface area contributed by atoms with Crippen molar-refractivity contribution in [3.8, 4) is 12.3 Å². The molecular weight excluding hydrogens is 194 g/mol. The number of hydrogen-bond donors (Lipinski definition) is 1. The number of hydrogen-bond acceptors (Lipinski definition) is 4. The number of nitrogens with zero attached hydrogens (tertiary/aromatic N) is 2. The fourth-order valence-electron chi connectivity index (χ4n) is 1.09. The van der Waals surface area contributed by atoms with E-state index in [0.717, 1.165) is 30.2 Å². The normalized spacial score (nSPS) is 12.1. The van der Waals surface area contributed by atoms with E-state index in [1.54, 1.807) is 0 Å². The molecule has 0 spiro atoms. The monoisotopic (exact) mass is 209 g/mol. The van der Waals surface area contributed by atoms with Crippen LogP contribution in [0.2, 0.25) is 0 Å². The maximum absolute atomic E-state index is 5.39. The first kappa shape index (κ1) is 11.0. The molecule has 1 rings (SSSR count). The number of nitrogens with one attached hydrogen (secondary N) is 1. The molecule has 1 atom stereocenters. The van der Waals surface area contributed by atoms with Gasteiger partial charge in [-0.2, -0.15) is 4.37 Å². The Balaban J connectivity index is 2.54. The lowest BCUT2D eigenvalue weighted by Gasteiger charge is -2.09. The van der Waals surface area contributed by atoms with E-state index in [2.05, 4.69) is 27.5 Å². The summed E-state index contributed by atoms with van der Waals surface area (Å²) in [4.78, 5) is 4.30. The van der Waals surface area contributed by atoms with Gasteiger partial charge < -0.3 is 5.32 Å². The zero-order chi connectivity index (χ0) is 10.4. The van der Waals surface area contributed by atoms with Gasteiger partial charge in [0.05, 0.1) is 6.04 Å². The summed E-state index contributed by atoms with van der Waals surface area (Å²) in [5.41, 5.74) is 0. The molecule has 1 N–H and O–H groups in total. The molecule has 1 aromatic heterocycles. The van der Waals surface area contributed by atoms with Crippen LogP contribution >= 0.6 is 11.5 Å². The highest BCUT2D eigenvalue weighted by atomic mass is 32.1. The summed E-state index contributed by atoms with van der Waals surface area (Å²) < 4.78 is 4.18. The van der Waals surface area contributed by atoms with E-state index in [1.807, 2.05) is 6.92 Å². The maximum atomic E-state index is 5.39. The fourth-order valence-corrected chi connectivity index (χ4v) is 1.79. The lowest BCUT2D eigenvalue weighted by atomic mass is 10.2. The molecule has 0 aliphatic carbocycles. The van der Waals surface area contributed by atoms with Gasteiger partial charge in [0.2, 0.25) is 5.13 Å². The van der Waals surface area contributed by atoms with Crippen molar-refractivity contribution < 1.29 is 0 Å². The van der Waals surface area contributed by atoms with Crippen molar-refractivity contribution >= 4 is 16.7 Å². The molecule has 0 aromatic carbocycles. The predicted octanol–water partition coefficient (Wildman–Crippen LogP) is 2.31. The summed E-state index contributed by atoms with van der Waals surface area (Å²) >= 11 is 1.38. The highest BCUT2D eigenvalue weighted by molar-refractivity contribution is 7.09. The van der Waals surface area contributed by atoms with Crippen molar-refractivity contribution in [3.63, 3.8) is 0 Å². The van der Waals surface area contributed by atoms with Gasteiger partial charge in [-0.05, 0) is 6.42 Å². The van der Waals surface area contributed by atoms with Crippen molar-refractivity contribution in [2.45, 2.75) is 39.2 Å². The van der Waals surface area contributed by atoms with Gasteiger partial charge in [0.25, 0.3) is 0 Å². The smallest absolute Gasteiger partial charge is 0.203 e. The summed E-state index contributed by atoms with van der Waals surface area (Å²) in [5, 5.41) is 4.02. The fraction of sp³-hybridized carbons (Fsp3) is 0.600. The SMILES string of the molecule is C#CC(CCC)Nc1nc(CC)ns1. The number of aromatic nitrogens is 2. The Labute approximate surface area is 89.1 Å². The number of anilines is 1. The molecular formula is C10H15N3S. The molecule has 0 aliphatic heterocycles. The summed E-state index contributed by atoms with van der Waals surface area (Å²) in [6.07, 6.45) is 8.30. The third-order valence-corrected chi connectivity index (χ3v) is 2.54. The van der Waals surface area contributed by atoms with Crippen LogP contribution in [0.15, 0.2) is 0 Å². The van der Waals surface area contributed by atoms with Crippen LogP contribution in [0.4, 0.5) is 5.13 Å². The molecule has 0 aliphatic rings. The van der Waals surface area contributed by atoms with Gasteiger partial charge in [-0.3, -0.25) is 0 Å². The first-order valence-corrected chi connectivity index (χ1v) is 5.62. The lowest BCUT2D eigenvalue weighted by Crippen LogP contribution is -2.16. The van der Waals surface area contributed by atoms with Crippen LogP contribution in [0.5, 0.6) is 0 Å². The standard InChI is InChI=1S/C10H15N3S/c1-4-7-8(5-2)11-10-12-9(6-3)13-14-10/h2,8H,4,6-7H2,1,3H3,(H,11,12,13). The molecule has 0 amide bonds. The Morgan fingerprint density at radius 2 is 2.36 bits per heavy atom. The van der Waals surface area contributed by atoms with Gasteiger partial charge in [0.1, 0.15) is 5.82 Å². The number of rotatable bonds is 5. The predicted molar refractivity (Wildman–Crippen MR) is 60.4 cm³/mol. The summed E-state index contributed by atoms with van der Waals surface area (Å²) in [6.45, 7) is 4.15. The zero-order valence-corrected chi connectivity index (χ0v) is 9.40. The van der Waals surface area contributed by atoms with Gasteiger partial charge >= 0.3 is 0 Å². The Kier molecular flexibility index (Phi) is 4.41. The summed E-state index contributed by atoms with van der Waals surface area (Å²) in [6, 6.07) is 0.0812. The molecule has 1 unspecified atom stereocenters. The average molecular weight is 209 g/mol. The van der Waals surface area contributed by atoms with Crippen molar-refractivity contribution in [2.75, 3.05) is 5.32 Å². The quantitative estimate of drug-likeness (QED) is 0.756. The zero-order valence-electron chi connectivity index (χ0n) is 8.58. The first-order valence-electron chi connectivity index (χ1n) is 4.85. The van der Waals surface area contributed by atoms with Gasteiger partial charge in [-0.25, -0.2) is 4.98 Å². The second-order valence-corrected chi connectivity index (χ2v) is 3.77. The van der Waals surface area contributed by atoms with E-state index < -0.39 is 0 Å². The molecule has 1 aromatic rings. The van der Waals surface area contributed by atoms with Crippen molar-refractivity contribution in [2.24, 2.45) is 0 Å². The molecule has 0 saturated carbocycles. The van der Waals surface area contributed by atoms with Crippen LogP contribution in [-0.2, 0) is 6.42 Å².